The molecule has 6 nitrogen and oxygen atoms in total. The van der Waals surface area contributed by atoms with Crippen LogP contribution in [0.2, 0.25) is 0 Å². The number of carbonyl (C=O) groups excluding carboxylic acids is 1. The van der Waals surface area contributed by atoms with E-state index in [1.807, 2.05) is 19.9 Å². The largest absolute Gasteiger partial charge is 0.416 e. The molecule has 2 N–H and O–H groups in total. The van der Waals surface area contributed by atoms with Crippen LogP contribution < -0.4 is 10.7 Å². The number of aryl methyl sites for hydroxylation is 1. The van der Waals surface area contributed by atoms with E-state index >= 15 is 0 Å². The zero-order chi connectivity index (χ0) is 20.7. The Kier molecular flexibility index (Phi) is 7.22. The molecule has 1 aromatic heterocycles. The fourth-order valence-electron chi connectivity index (χ4n) is 2.69. The van der Waals surface area contributed by atoms with E-state index in [4.69, 9.17) is 4.74 Å². The molecule has 1 amide bonds. The number of hydrogen-bond donors (Lipinski definition) is 2. The van der Waals surface area contributed by atoms with Gasteiger partial charge in [-0.3, -0.25) is 4.79 Å². The average molecular weight is 396 g/mol. The Morgan fingerprint density at radius 2 is 2.04 bits per heavy atom. The lowest BCUT2D eigenvalue weighted by Gasteiger charge is -2.10. The molecule has 0 aliphatic heterocycles. The van der Waals surface area contributed by atoms with Crippen LogP contribution in [0.3, 0.4) is 0 Å². The molecule has 0 radical (unpaired) electrons. The molecule has 152 valence electrons. The molecule has 0 aliphatic rings. The van der Waals surface area contributed by atoms with Crippen LogP contribution in [0.4, 0.5) is 18.9 Å². The molecule has 0 aliphatic carbocycles. The van der Waals surface area contributed by atoms with Crippen molar-refractivity contribution in [3.8, 4) is 0 Å². The molecular formula is C19H23F3N4O2. The van der Waals surface area contributed by atoms with Crippen molar-refractivity contribution in [1.29, 1.82) is 0 Å². The number of anilines is 1. The Hall–Kier alpha value is -2.81. The van der Waals surface area contributed by atoms with E-state index < -0.39 is 17.6 Å². The molecule has 0 saturated carbocycles. The topological polar surface area (TPSA) is 67.6 Å². The summed E-state index contributed by atoms with van der Waals surface area (Å²) in [6.45, 7) is 5.02. The van der Waals surface area contributed by atoms with E-state index in [1.165, 1.54) is 18.3 Å². The van der Waals surface area contributed by atoms with Crippen molar-refractivity contribution in [2.24, 2.45) is 5.10 Å². The van der Waals surface area contributed by atoms with Crippen molar-refractivity contribution in [3.05, 3.63) is 52.8 Å². The van der Waals surface area contributed by atoms with Gasteiger partial charge in [0.1, 0.15) is 0 Å². The summed E-state index contributed by atoms with van der Waals surface area (Å²) in [6, 6.07) is 6.60. The molecule has 1 heterocycles. The van der Waals surface area contributed by atoms with Crippen molar-refractivity contribution >= 4 is 17.8 Å². The molecule has 2 aromatic rings. The van der Waals surface area contributed by atoms with E-state index in [2.05, 4.69) is 20.4 Å². The van der Waals surface area contributed by atoms with E-state index in [0.29, 0.717) is 6.61 Å². The number of ether oxygens (including phenoxy) is 1. The van der Waals surface area contributed by atoms with Gasteiger partial charge in [-0.25, -0.2) is 5.43 Å². The first-order chi connectivity index (χ1) is 13.2. The van der Waals surface area contributed by atoms with Crippen molar-refractivity contribution in [1.82, 2.24) is 9.99 Å². The van der Waals surface area contributed by atoms with Crippen LogP contribution in [0.1, 0.15) is 22.5 Å². The number of nitrogens with one attached hydrogen (secondary N) is 2. The molecule has 0 unspecified atom stereocenters. The van der Waals surface area contributed by atoms with Gasteiger partial charge in [-0.05, 0) is 38.1 Å². The average Bonchev–Trinajstić information content (AvgIpc) is 2.91. The number of nitrogens with zero attached hydrogens (tertiary/aromatic N) is 2. The summed E-state index contributed by atoms with van der Waals surface area (Å²) < 4.78 is 45.2. The Morgan fingerprint density at radius 3 is 2.71 bits per heavy atom. The second kappa shape index (κ2) is 9.41. The van der Waals surface area contributed by atoms with E-state index in [-0.39, 0.29) is 12.2 Å². The molecular weight excluding hydrogens is 373 g/mol. The number of methoxy groups -OCH3 is 1. The van der Waals surface area contributed by atoms with E-state index in [9.17, 15) is 18.0 Å². The summed E-state index contributed by atoms with van der Waals surface area (Å²) >= 11 is 0. The number of rotatable bonds is 8. The minimum absolute atomic E-state index is 0.203. The van der Waals surface area contributed by atoms with Crippen LogP contribution in [-0.2, 0) is 22.3 Å². The summed E-state index contributed by atoms with van der Waals surface area (Å²) in [6.07, 6.45) is -2.90. The van der Waals surface area contributed by atoms with Gasteiger partial charge in [0.2, 0.25) is 0 Å². The van der Waals surface area contributed by atoms with Gasteiger partial charge >= 0.3 is 6.18 Å². The summed E-state index contributed by atoms with van der Waals surface area (Å²) in [4.78, 5) is 11.9. The van der Waals surface area contributed by atoms with Gasteiger partial charge in [-0.15, -0.1) is 0 Å². The van der Waals surface area contributed by atoms with Crippen LogP contribution in [0, 0.1) is 13.8 Å². The molecule has 0 bridgehead atoms. The third-order valence-electron chi connectivity index (χ3n) is 4.17. The minimum atomic E-state index is -4.43. The van der Waals surface area contributed by atoms with Crippen molar-refractivity contribution in [2.45, 2.75) is 26.6 Å². The number of halogens is 3. The molecule has 2 rings (SSSR count). The summed E-state index contributed by atoms with van der Waals surface area (Å²) in [5.74, 6) is -0.471. The maximum atomic E-state index is 12.7. The Balaban J connectivity index is 1.89. The third-order valence-corrected chi connectivity index (χ3v) is 4.17. The highest BCUT2D eigenvalue weighted by molar-refractivity contribution is 5.85. The first-order valence-electron chi connectivity index (χ1n) is 8.61. The van der Waals surface area contributed by atoms with Gasteiger partial charge in [0.15, 0.2) is 0 Å². The highest BCUT2D eigenvalue weighted by atomic mass is 19.4. The van der Waals surface area contributed by atoms with Crippen LogP contribution in [-0.4, -0.2) is 37.0 Å². The second-order valence-corrected chi connectivity index (χ2v) is 6.20. The van der Waals surface area contributed by atoms with Crippen molar-refractivity contribution in [2.75, 3.05) is 25.6 Å². The van der Waals surface area contributed by atoms with Crippen LogP contribution >= 0.6 is 0 Å². The van der Waals surface area contributed by atoms with Crippen LogP contribution in [0.15, 0.2) is 35.4 Å². The maximum absolute atomic E-state index is 12.7. The first kappa shape index (κ1) is 21.5. The monoisotopic (exact) mass is 396 g/mol. The molecule has 0 saturated heterocycles. The number of alkyl halides is 3. The zero-order valence-corrected chi connectivity index (χ0v) is 15.9. The van der Waals surface area contributed by atoms with Gasteiger partial charge in [0.05, 0.1) is 24.9 Å². The number of hydrogen-bond acceptors (Lipinski definition) is 4. The molecule has 1 aromatic carbocycles. The number of carbonyl (C=O) groups is 1. The fourth-order valence-corrected chi connectivity index (χ4v) is 2.69. The lowest BCUT2D eigenvalue weighted by atomic mass is 10.2. The van der Waals surface area contributed by atoms with Crippen LogP contribution in [0.5, 0.6) is 0 Å². The van der Waals surface area contributed by atoms with Gasteiger partial charge in [0, 0.05) is 36.3 Å². The second-order valence-electron chi connectivity index (χ2n) is 6.20. The summed E-state index contributed by atoms with van der Waals surface area (Å²) in [7, 11) is 1.64. The molecule has 9 heteroatoms. The fraction of sp³-hybridized carbons (Fsp3) is 0.368. The normalized spacial score (nSPS) is 11.8. The Morgan fingerprint density at radius 1 is 1.29 bits per heavy atom. The highest BCUT2D eigenvalue weighted by Gasteiger charge is 2.30. The van der Waals surface area contributed by atoms with Crippen molar-refractivity contribution in [3.63, 3.8) is 0 Å². The number of aromatic nitrogens is 1. The van der Waals surface area contributed by atoms with Gasteiger partial charge in [0.25, 0.3) is 5.91 Å². The van der Waals surface area contributed by atoms with E-state index in [1.54, 1.807) is 7.11 Å². The highest BCUT2D eigenvalue weighted by Crippen LogP contribution is 2.30. The molecule has 0 atom stereocenters. The minimum Gasteiger partial charge on any atom is -0.383 e. The number of amides is 1. The lowest BCUT2D eigenvalue weighted by Crippen LogP contribution is -2.26. The zero-order valence-electron chi connectivity index (χ0n) is 15.9. The third kappa shape index (κ3) is 5.85. The number of benzene rings is 1. The quantitative estimate of drug-likeness (QED) is 0.531. The first-order valence-corrected chi connectivity index (χ1v) is 8.61. The lowest BCUT2D eigenvalue weighted by molar-refractivity contribution is -0.137. The molecule has 0 fully saturated rings. The van der Waals surface area contributed by atoms with Gasteiger partial charge < -0.3 is 14.6 Å². The van der Waals surface area contributed by atoms with Gasteiger partial charge in [-0.1, -0.05) is 6.07 Å². The van der Waals surface area contributed by atoms with E-state index in [0.717, 1.165) is 35.6 Å². The molecule has 28 heavy (non-hydrogen) atoms. The number of hydrazone groups is 1. The molecule has 0 spiro atoms. The van der Waals surface area contributed by atoms with Gasteiger partial charge in [-0.2, -0.15) is 18.3 Å². The SMILES string of the molecule is COCCn1c(C)cc(/C=N\NC(=O)CNc2cccc(C(F)(F)F)c2)c1C. The smallest absolute Gasteiger partial charge is 0.383 e. The predicted molar refractivity (Wildman–Crippen MR) is 101 cm³/mol. The van der Waals surface area contributed by atoms with Crippen molar-refractivity contribution < 1.29 is 22.7 Å². The Labute approximate surface area is 161 Å². The maximum Gasteiger partial charge on any atom is 0.416 e. The summed E-state index contributed by atoms with van der Waals surface area (Å²) in [5, 5.41) is 6.57. The Bertz CT molecular complexity index is 844. The van der Waals surface area contributed by atoms with Crippen LogP contribution in [0.25, 0.3) is 0 Å². The summed E-state index contributed by atoms with van der Waals surface area (Å²) in [5.41, 5.74) is 4.69. The predicted octanol–water partition coefficient (Wildman–Crippen LogP) is 3.33. The standard InChI is InChI=1S/C19H23F3N4O2/c1-13-9-15(14(2)26(13)7-8-28-3)11-24-25-18(27)12-23-17-6-4-5-16(10-17)19(20,21)22/h4-6,9-11,23H,7-8,12H2,1-3H3,(H,25,27)/b24-11-.